The van der Waals surface area contributed by atoms with Crippen molar-refractivity contribution in [2.45, 2.75) is 49.7 Å². The highest BCUT2D eigenvalue weighted by molar-refractivity contribution is 7.92. The lowest BCUT2D eigenvalue weighted by Crippen LogP contribution is -2.27. The van der Waals surface area contributed by atoms with E-state index in [1.165, 1.54) is 19.4 Å². The Bertz CT molecular complexity index is 1710. The topological polar surface area (TPSA) is 139 Å². The van der Waals surface area contributed by atoms with Gasteiger partial charge in [0.1, 0.15) is 33.5 Å². The number of nitrogen functional groups attached to an aromatic ring is 1. The van der Waals surface area contributed by atoms with Gasteiger partial charge in [-0.3, -0.25) is 4.72 Å². The van der Waals surface area contributed by atoms with E-state index in [0.717, 1.165) is 37.8 Å². The first kappa shape index (κ1) is 28.4. The van der Waals surface area contributed by atoms with Crippen LogP contribution in [0.5, 0.6) is 11.6 Å². The predicted molar refractivity (Wildman–Crippen MR) is 149 cm³/mol. The van der Waals surface area contributed by atoms with E-state index >= 15 is 0 Å². The number of methoxy groups -OCH3 is 2. The van der Waals surface area contributed by atoms with Gasteiger partial charge in [-0.2, -0.15) is 0 Å². The van der Waals surface area contributed by atoms with E-state index in [1.54, 1.807) is 20.1 Å². The maximum absolute atomic E-state index is 14.3. The number of aromatic nitrogens is 3. The zero-order valence-corrected chi connectivity index (χ0v) is 23.5. The van der Waals surface area contributed by atoms with Gasteiger partial charge in [-0.05, 0) is 68.5 Å². The molecule has 1 aliphatic rings. The molecule has 0 aliphatic heterocycles. The lowest BCUT2D eigenvalue weighted by Gasteiger charge is -2.28. The molecule has 0 atom stereocenters. The molecule has 0 radical (unpaired) electrons. The van der Waals surface area contributed by atoms with Crippen molar-refractivity contribution in [2.75, 3.05) is 24.7 Å². The fraction of sp³-hybridized carbons (Fsp3) is 0.321. The first-order valence-electron chi connectivity index (χ1n) is 12.9. The third kappa shape index (κ3) is 6.00. The van der Waals surface area contributed by atoms with E-state index in [9.17, 15) is 17.2 Å². The number of fused-ring (bicyclic) bond motifs is 1. The molecule has 0 unspecified atom stereocenters. The molecule has 2 aromatic carbocycles. The molecule has 1 aliphatic carbocycles. The number of sulfonamides is 1. The normalized spacial score (nSPS) is 17.4. The second kappa shape index (κ2) is 11.4. The molecule has 10 nitrogen and oxygen atoms in total. The van der Waals surface area contributed by atoms with Crippen LogP contribution < -0.4 is 19.9 Å². The summed E-state index contributed by atoms with van der Waals surface area (Å²) in [6, 6.07) is 7.33. The molecule has 0 saturated heterocycles. The molecule has 5 rings (SSSR count). The number of benzene rings is 2. The van der Waals surface area contributed by atoms with E-state index in [0.29, 0.717) is 39.5 Å². The SMILES string of the molecule is COc1ncc(-c2cc(OC3CCC(OC)CC3)c3nc(N)nc(C)c3c2)cc1NS(=O)(=O)c1ccc(F)cc1F. The first-order chi connectivity index (χ1) is 19.6. The van der Waals surface area contributed by atoms with Crippen molar-refractivity contribution in [1.82, 2.24) is 15.0 Å². The number of nitrogens with zero attached hydrogens (tertiary/aromatic N) is 3. The van der Waals surface area contributed by atoms with Crippen molar-refractivity contribution in [3.8, 4) is 22.8 Å². The van der Waals surface area contributed by atoms with E-state index < -0.39 is 26.6 Å². The molecule has 0 amide bonds. The number of halogens is 2. The fourth-order valence-corrected chi connectivity index (χ4v) is 6.04. The highest BCUT2D eigenvalue weighted by atomic mass is 32.2. The lowest BCUT2D eigenvalue weighted by molar-refractivity contribution is 0.0331. The summed E-state index contributed by atoms with van der Waals surface area (Å²) in [4.78, 5) is 12.3. The number of ether oxygens (including phenoxy) is 3. The summed E-state index contributed by atoms with van der Waals surface area (Å²) in [6.45, 7) is 1.81. The Kier molecular flexibility index (Phi) is 7.91. The van der Waals surface area contributed by atoms with E-state index in [1.807, 2.05) is 6.07 Å². The van der Waals surface area contributed by atoms with Gasteiger partial charge in [0.25, 0.3) is 10.0 Å². The van der Waals surface area contributed by atoms with Gasteiger partial charge in [0.15, 0.2) is 0 Å². The minimum absolute atomic E-state index is 0.0422. The van der Waals surface area contributed by atoms with Crippen LogP contribution >= 0.6 is 0 Å². The van der Waals surface area contributed by atoms with Gasteiger partial charge in [-0.1, -0.05) is 0 Å². The monoisotopic (exact) mass is 585 g/mol. The zero-order valence-electron chi connectivity index (χ0n) is 22.6. The second-order valence-electron chi connectivity index (χ2n) is 9.75. The maximum atomic E-state index is 14.3. The highest BCUT2D eigenvalue weighted by Crippen LogP contribution is 2.37. The number of pyridine rings is 1. The van der Waals surface area contributed by atoms with Crippen LogP contribution in [0.25, 0.3) is 22.0 Å². The third-order valence-electron chi connectivity index (χ3n) is 7.03. The Balaban J connectivity index is 1.56. The quantitative estimate of drug-likeness (QED) is 0.292. The number of aryl methyl sites for hydroxylation is 1. The van der Waals surface area contributed by atoms with Crippen LogP contribution in [0.1, 0.15) is 31.4 Å². The third-order valence-corrected chi connectivity index (χ3v) is 8.43. The Labute approximate surface area is 235 Å². The lowest BCUT2D eigenvalue weighted by atomic mass is 9.95. The number of anilines is 2. The van der Waals surface area contributed by atoms with Gasteiger partial charge in [-0.25, -0.2) is 32.2 Å². The molecular formula is C28H29F2N5O5S. The van der Waals surface area contributed by atoms with Gasteiger partial charge in [-0.15, -0.1) is 0 Å². The van der Waals surface area contributed by atoms with Crippen molar-refractivity contribution in [3.05, 3.63) is 59.9 Å². The van der Waals surface area contributed by atoms with Crippen molar-refractivity contribution in [3.63, 3.8) is 0 Å². The average molecular weight is 586 g/mol. The number of rotatable bonds is 8. The molecule has 0 spiro atoms. The summed E-state index contributed by atoms with van der Waals surface area (Å²) in [5.74, 6) is -1.55. The fourth-order valence-electron chi connectivity index (χ4n) is 4.93. The molecule has 2 aromatic heterocycles. The van der Waals surface area contributed by atoms with Gasteiger partial charge in [0, 0.05) is 30.3 Å². The minimum atomic E-state index is -4.45. The van der Waals surface area contributed by atoms with E-state index in [4.69, 9.17) is 19.9 Å². The molecule has 1 fully saturated rings. The van der Waals surface area contributed by atoms with Gasteiger partial charge < -0.3 is 19.9 Å². The molecule has 4 aromatic rings. The van der Waals surface area contributed by atoms with Crippen molar-refractivity contribution in [2.24, 2.45) is 0 Å². The minimum Gasteiger partial charge on any atom is -0.488 e. The maximum Gasteiger partial charge on any atom is 0.264 e. The summed E-state index contributed by atoms with van der Waals surface area (Å²) in [7, 11) is -1.42. The molecule has 13 heteroatoms. The molecule has 3 N–H and O–H groups in total. The largest absolute Gasteiger partial charge is 0.488 e. The van der Waals surface area contributed by atoms with Crippen LogP contribution in [0.4, 0.5) is 20.4 Å². The summed E-state index contributed by atoms with van der Waals surface area (Å²) >= 11 is 0. The Morgan fingerprint density at radius 1 is 0.976 bits per heavy atom. The number of hydrogen-bond acceptors (Lipinski definition) is 9. The molecule has 2 heterocycles. The summed E-state index contributed by atoms with van der Waals surface area (Å²) < 4.78 is 73.2. The average Bonchev–Trinajstić information content (AvgIpc) is 2.93. The second-order valence-corrected chi connectivity index (χ2v) is 11.4. The highest BCUT2D eigenvalue weighted by Gasteiger charge is 2.25. The zero-order chi connectivity index (χ0) is 29.3. The van der Waals surface area contributed by atoms with Gasteiger partial charge in [0.2, 0.25) is 11.8 Å². The van der Waals surface area contributed by atoms with Crippen molar-refractivity contribution < 1.29 is 31.4 Å². The molecule has 0 bridgehead atoms. The van der Waals surface area contributed by atoms with Crippen LogP contribution in [-0.4, -0.2) is 49.8 Å². The van der Waals surface area contributed by atoms with Gasteiger partial charge in [0.05, 0.1) is 25.0 Å². The molecule has 41 heavy (non-hydrogen) atoms. The van der Waals surface area contributed by atoms with Crippen molar-refractivity contribution in [1.29, 1.82) is 0 Å². The number of hydrogen-bond donors (Lipinski definition) is 2. The first-order valence-corrected chi connectivity index (χ1v) is 14.4. The smallest absolute Gasteiger partial charge is 0.264 e. The predicted octanol–water partition coefficient (Wildman–Crippen LogP) is 5.01. The van der Waals surface area contributed by atoms with E-state index in [2.05, 4.69) is 19.7 Å². The number of nitrogens with one attached hydrogen (secondary N) is 1. The van der Waals surface area contributed by atoms with Crippen LogP contribution in [0.3, 0.4) is 0 Å². The van der Waals surface area contributed by atoms with E-state index in [-0.39, 0.29) is 29.7 Å². The summed E-state index contributed by atoms with van der Waals surface area (Å²) in [5, 5.41) is 0.698. The standard InChI is InChI=1S/C28H29F2N5O5S/c1-15-21-10-16(12-24(26(21)34-28(31)33-15)40-20-7-5-19(38-2)6-8-20)17-11-23(27(39-3)32-14-17)35-41(36,37)25-9-4-18(29)13-22(25)30/h4,9-14,19-20,35H,5-8H2,1-3H3,(H2,31,33,34). The van der Waals surface area contributed by atoms with Crippen LogP contribution in [0.15, 0.2) is 47.5 Å². The Hall–Kier alpha value is -4.10. The molecule has 1 saturated carbocycles. The van der Waals surface area contributed by atoms with Crippen LogP contribution in [0.2, 0.25) is 0 Å². The van der Waals surface area contributed by atoms with Crippen LogP contribution in [-0.2, 0) is 14.8 Å². The summed E-state index contributed by atoms with van der Waals surface area (Å²) in [6.07, 6.45) is 5.01. The molecular weight excluding hydrogens is 556 g/mol. The Morgan fingerprint density at radius 3 is 2.39 bits per heavy atom. The Morgan fingerprint density at radius 2 is 1.71 bits per heavy atom. The number of nitrogens with two attached hydrogens (primary N) is 1. The van der Waals surface area contributed by atoms with Crippen LogP contribution in [0, 0.1) is 18.6 Å². The molecule has 216 valence electrons. The van der Waals surface area contributed by atoms with Crippen molar-refractivity contribution >= 4 is 32.6 Å². The summed E-state index contributed by atoms with van der Waals surface area (Å²) in [5.41, 5.74) is 8.26. The van der Waals surface area contributed by atoms with Gasteiger partial charge >= 0.3 is 0 Å².